The Morgan fingerprint density at radius 2 is 1.72 bits per heavy atom. The van der Waals surface area contributed by atoms with Gasteiger partial charge < -0.3 is 5.11 Å². The van der Waals surface area contributed by atoms with Gasteiger partial charge in [-0.15, -0.1) is 0 Å². The molecular formula is C15H21NO2. The zero-order chi connectivity index (χ0) is 12.8. The Morgan fingerprint density at radius 3 is 2.11 bits per heavy atom. The van der Waals surface area contributed by atoms with Gasteiger partial charge in [0, 0.05) is 6.42 Å². The van der Waals surface area contributed by atoms with Crippen molar-refractivity contribution in [1.29, 1.82) is 5.26 Å². The van der Waals surface area contributed by atoms with Crippen molar-refractivity contribution in [3.05, 3.63) is 0 Å². The van der Waals surface area contributed by atoms with E-state index in [2.05, 4.69) is 6.07 Å². The molecular weight excluding hydrogens is 226 g/mol. The summed E-state index contributed by atoms with van der Waals surface area (Å²) < 4.78 is 0. The Balaban J connectivity index is 1.77. The summed E-state index contributed by atoms with van der Waals surface area (Å²) in [5.74, 6) is 1.70. The first-order valence-electron chi connectivity index (χ1n) is 7.23. The summed E-state index contributed by atoms with van der Waals surface area (Å²) >= 11 is 0. The average Bonchev–Trinajstić information content (AvgIpc) is 2.26. The second kappa shape index (κ2) is 4.26. The first-order chi connectivity index (χ1) is 8.61. The van der Waals surface area contributed by atoms with Crippen molar-refractivity contribution >= 4 is 5.97 Å². The van der Waals surface area contributed by atoms with E-state index in [-0.39, 0.29) is 17.8 Å². The van der Waals surface area contributed by atoms with E-state index in [9.17, 15) is 10.1 Å². The third-order valence-electron chi connectivity index (χ3n) is 5.63. The Bertz CT molecular complexity index is 361. The minimum Gasteiger partial charge on any atom is -0.481 e. The van der Waals surface area contributed by atoms with Crippen LogP contribution in [-0.4, -0.2) is 11.1 Å². The fraction of sp³-hybridized carbons (Fsp3) is 0.867. The molecule has 4 aliphatic rings. The van der Waals surface area contributed by atoms with Crippen LogP contribution in [0.4, 0.5) is 0 Å². The summed E-state index contributed by atoms with van der Waals surface area (Å²) in [6.45, 7) is 0. The third-order valence-corrected chi connectivity index (χ3v) is 5.63. The molecule has 0 aromatic heterocycles. The lowest BCUT2D eigenvalue weighted by molar-refractivity contribution is -0.138. The fourth-order valence-corrected chi connectivity index (χ4v) is 5.38. The van der Waals surface area contributed by atoms with Gasteiger partial charge in [0.1, 0.15) is 0 Å². The molecule has 1 atom stereocenters. The summed E-state index contributed by atoms with van der Waals surface area (Å²) in [5.41, 5.74) is 0.180. The molecule has 4 saturated carbocycles. The number of carboxylic acid groups (broad SMARTS) is 1. The maximum atomic E-state index is 10.7. The SMILES string of the molecule is N#CC(CCC(=O)O)C12CC3CC(CC(C3)C1)C2. The van der Waals surface area contributed by atoms with E-state index in [1.165, 1.54) is 38.5 Å². The monoisotopic (exact) mass is 247 g/mol. The summed E-state index contributed by atoms with van der Waals surface area (Å²) in [5, 5.41) is 18.3. The largest absolute Gasteiger partial charge is 0.481 e. The molecule has 4 aliphatic carbocycles. The van der Waals surface area contributed by atoms with Crippen molar-refractivity contribution in [3.8, 4) is 6.07 Å². The molecule has 3 nitrogen and oxygen atoms in total. The van der Waals surface area contributed by atoms with Gasteiger partial charge in [0.15, 0.2) is 0 Å². The van der Waals surface area contributed by atoms with Crippen LogP contribution in [0.1, 0.15) is 51.4 Å². The van der Waals surface area contributed by atoms with Crippen LogP contribution in [0.3, 0.4) is 0 Å². The van der Waals surface area contributed by atoms with Crippen molar-refractivity contribution in [2.75, 3.05) is 0 Å². The zero-order valence-corrected chi connectivity index (χ0v) is 10.8. The summed E-state index contributed by atoms with van der Waals surface area (Å²) in [6.07, 6.45) is 8.39. The molecule has 1 N–H and O–H groups in total. The second-order valence-electron chi connectivity index (χ2n) is 6.89. The fourth-order valence-electron chi connectivity index (χ4n) is 5.38. The lowest BCUT2D eigenvalue weighted by Crippen LogP contribution is -2.49. The van der Waals surface area contributed by atoms with Gasteiger partial charge in [-0.2, -0.15) is 5.26 Å². The molecule has 4 fully saturated rings. The number of nitrogens with zero attached hydrogens (tertiary/aromatic N) is 1. The molecule has 0 heterocycles. The minimum atomic E-state index is -0.764. The Hall–Kier alpha value is -1.04. The number of hydrogen-bond acceptors (Lipinski definition) is 2. The molecule has 0 amide bonds. The van der Waals surface area contributed by atoms with Crippen LogP contribution in [0.25, 0.3) is 0 Å². The zero-order valence-electron chi connectivity index (χ0n) is 10.8. The second-order valence-corrected chi connectivity index (χ2v) is 6.89. The number of aliphatic carboxylic acids is 1. The van der Waals surface area contributed by atoms with Crippen LogP contribution < -0.4 is 0 Å². The maximum absolute atomic E-state index is 10.7. The summed E-state index contributed by atoms with van der Waals surface area (Å²) in [7, 11) is 0. The van der Waals surface area contributed by atoms with E-state index in [0.717, 1.165) is 17.8 Å². The first kappa shape index (κ1) is 12.0. The smallest absolute Gasteiger partial charge is 0.303 e. The molecule has 0 saturated heterocycles. The molecule has 0 spiro atoms. The lowest BCUT2D eigenvalue weighted by atomic mass is 9.46. The Morgan fingerprint density at radius 1 is 1.22 bits per heavy atom. The van der Waals surface area contributed by atoms with Gasteiger partial charge in [0.05, 0.1) is 12.0 Å². The molecule has 0 aliphatic heterocycles. The lowest BCUT2D eigenvalue weighted by Gasteiger charge is -2.58. The van der Waals surface area contributed by atoms with E-state index < -0.39 is 5.97 Å². The average molecular weight is 247 g/mol. The van der Waals surface area contributed by atoms with E-state index in [4.69, 9.17) is 5.11 Å². The quantitative estimate of drug-likeness (QED) is 0.829. The number of carbonyl (C=O) groups is 1. The van der Waals surface area contributed by atoms with E-state index in [1.807, 2.05) is 0 Å². The molecule has 18 heavy (non-hydrogen) atoms. The van der Waals surface area contributed by atoms with Gasteiger partial charge in [-0.25, -0.2) is 0 Å². The van der Waals surface area contributed by atoms with Crippen molar-refractivity contribution in [1.82, 2.24) is 0 Å². The van der Waals surface area contributed by atoms with Gasteiger partial charge in [-0.05, 0) is 68.1 Å². The summed E-state index contributed by atoms with van der Waals surface area (Å²) in [4.78, 5) is 10.7. The van der Waals surface area contributed by atoms with Crippen LogP contribution in [0.2, 0.25) is 0 Å². The molecule has 0 aromatic carbocycles. The van der Waals surface area contributed by atoms with Crippen molar-refractivity contribution < 1.29 is 9.90 Å². The van der Waals surface area contributed by atoms with Gasteiger partial charge in [0.2, 0.25) is 0 Å². The standard InChI is InChI=1S/C15H21NO2/c16-9-13(1-2-14(17)18)15-6-10-3-11(7-15)5-12(4-10)8-15/h10-13H,1-8H2,(H,17,18). The highest BCUT2D eigenvalue weighted by molar-refractivity contribution is 5.66. The van der Waals surface area contributed by atoms with Crippen LogP contribution in [0.15, 0.2) is 0 Å². The third kappa shape index (κ3) is 1.92. The highest BCUT2D eigenvalue weighted by Crippen LogP contribution is 2.63. The van der Waals surface area contributed by atoms with Gasteiger partial charge in [-0.3, -0.25) is 4.79 Å². The van der Waals surface area contributed by atoms with Gasteiger partial charge in [0.25, 0.3) is 0 Å². The van der Waals surface area contributed by atoms with E-state index >= 15 is 0 Å². The van der Waals surface area contributed by atoms with E-state index in [0.29, 0.717) is 6.42 Å². The number of hydrogen-bond donors (Lipinski definition) is 1. The van der Waals surface area contributed by atoms with Crippen LogP contribution in [0, 0.1) is 40.4 Å². The number of rotatable bonds is 4. The number of nitriles is 1. The predicted octanol–water partition coefficient (Wildman–Crippen LogP) is 3.21. The topological polar surface area (TPSA) is 61.1 Å². The van der Waals surface area contributed by atoms with Crippen molar-refractivity contribution in [2.24, 2.45) is 29.1 Å². The van der Waals surface area contributed by atoms with Crippen molar-refractivity contribution in [3.63, 3.8) is 0 Å². The molecule has 1 unspecified atom stereocenters. The molecule has 98 valence electrons. The highest BCUT2D eigenvalue weighted by atomic mass is 16.4. The highest BCUT2D eigenvalue weighted by Gasteiger charge is 2.54. The maximum Gasteiger partial charge on any atom is 0.303 e. The molecule has 0 aromatic rings. The molecule has 4 rings (SSSR count). The van der Waals surface area contributed by atoms with Crippen LogP contribution in [0.5, 0.6) is 0 Å². The summed E-state index contributed by atoms with van der Waals surface area (Å²) in [6, 6.07) is 2.45. The first-order valence-corrected chi connectivity index (χ1v) is 7.23. The van der Waals surface area contributed by atoms with Crippen LogP contribution >= 0.6 is 0 Å². The van der Waals surface area contributed by atoms with E-state index in [1.54, 1.807) is 0 Å². The van der Waals surface area contributed by atoms with Gasteiger partial charge in [-0.1, -0.05) is 0 Å². The Kier molecular flexibility index (Phi) is 2.84. The minimum absolute atomic E-state index is 0.0259. The molecule has 0 radical (unpaired) electrons. The molecule has 4 bridgehead atoms. The normalized spacial score (nSPS) is 42.5. The molecule has 3 heteroatoms. The Labute approximate surface area is 108 Å². The van der Waals surface area contributed by atoms with Crippen molar-refractivity contribution in [2.45, 2.75) is 51.4 Å². The van der Waals surface area contributed by atoms with Crippen LogP contribution in [-0.2, 0) is 4.79 Å². The number of carboxylic acids is 1. The predicted molar refractivity (Wildman–Crippen MR) is 66.6 cm³/mol. The van der Waals surface area contributed by atoms with Gasteiger partial charge >= 0.3 is 5.97 Å².